The Balaban J connectivity index is 2.72. The molecule has 1 atom stereocenters. The lowest BCUT2D eigenvalue weighted by molar-refractivity contribution is -0.151. The van der Waals surface area contributed by atoms with Crippen molar-refractivity contribution in [2.45, 2.75) is 38.8 Å². The molecule has 1 heterocycles. The van der Waals surface area contributed by atoms with E-state index in [9.17, 15) is 23.1 Å². The zero-order valence-electron chi connectivity index (χ0n) is 14.8. The van der Waals surface area contributed by atoms with Gasteiger partial charge in [0.15, 0.2) is 0 Å². The van der Waals surface area contributed by atoms with Crippen LogP contribution < -0.4 is 5.32 Å². The molecule has 1 aliphatic heterocycles. The van der Waals surface area contributed by atoms with Crippen molar-refractivity contribution in [2.24, 2.45) is 0 Å². The van der Waals surface area contributed by atoms with Gasteiger partial charge in [-0.3, -0.25) is 9.69 Å². The van der Waals surface area contributed by atoms with E-state index in [-0.39, 0.29) is 32.7 Å². The Morgan fingerprint density at radius 2 is 1.62 bits per heavy atom. The molecule has 0 aromatic carbocycles. The Morgan fingerprint density at radius 1 is 1.12 bits per heavy atom. The van der Waals surface area contributed by atoms with Gasteiger partial charge in [0.2, 0.25) is 10.0 Å². The second-order valence-electron chi connectivity index (χ2n) is 7.08. The third kappa shape index (κ3) is 5.60. The predicted molar refractivity (Wildman–Crippen MR) is 88.3 cm³/mol. The van der Waals surface area contributed by atoms with Crippen molar-refractivity contribution in [3.8, 4) is 0 Å². The number of hydrogen-bond acceptors (Lipinski definition) is 6. The minimum Gasteiger partial charge on any atom is -0.480 e. The lowest BCUT2D eigenvalue weighted by Gasteiger charge is -2.42. The number of aliphatic carboxylic acids is 1. The first-order valence-corrected chi connectivity index (χ1v) is 9.51. The molecule has 2 N–H and O–H groups in total. The molecule has 1 aliphatic rings. The molecule has 0 spiro atoms. The summed E-state index contributed by atoms with van der Waals surface area (Å²) < 4.78 is 29.5. The highest BCUT2D eigenvalue weighted by Crippen LogP contribution is 2.19. The third-order valence-electron chi connectivity index (χ3n) is 3.84. The van der Waals surface area contributed by atoms with Crippen LogP contribution in [0.25, 0.3) is 0 Å². The van der Waals surface area contributed by atoms with Gasteiger partial charge in [-0.1, -0.05) is 0 Å². The fourth-order valence-corrected chi connectivity index (χ4v) is 3.22. The largest absolute Gasteiger partial charge is 0.480 e. The van der Waals surface area contributed by atoms with Crippen LogP contribution in [0.2, 0.25) is 0 Å². The smallest absolute Gasteiger partial charge is 0.407 e. The molecule has 0 bridgehead atoms. The first kappa shape index (κ1) is 20.7. The number of carboxylic acid groups (broad SMARTS) is 1. The summed E-state index contributed by atoms with van der Waals surface area (Å²) in [6.07, 6.45) is 0.438. The fraction of sp³-hybridized carbons (Fsp3) is 0.857. The summed E-state index contributed by atoms with van der Waals surface area (Å²) in [7, 11) is -3.29. The number of ether oxygens (including phenoxy) is 1. The van der Waals surface area contributed by atoms with Crippen molar-refractivity contribution in [3.05, 3.63) is 0 Å². The number of rotatable bonds is 5. The lowest BCUT2D eigenvalue weighted by atomic mass is 9.99. The Bertz CT molecular complexity index is 578. The van der Waals surface area contributed by atoms with E-state index in [0.717, 1.165) is 6.26 Å². The maximum atomic E-state index is 11.8. The summed E-state index contributed by atoms with van der Waals surface area (Å²) in [6.45, 7) is 7.48. The van der Waals surface area contributed by atoms with Gasteiger partial charge in [-0.05, 0) is 27.7 Å². The average molecular weight is 365 g/mol. The minimum atomic E-state index is -3.29. The molecule has 1 rings (SSSR count). The Kier molecular flexibility index (Phi) is 6.23. The Hall–Kier alpha value is -1.39. The van der Waals surface area contributed by atoms with Gasteiger partial charge in [-0.15, -0.1) is 0 Å². The van der Waals surface area contributed by atoms with Crippen LogP contribution in [0.15, 0.2) is 0 Å². The van der Waals surface area contributed by atoms with Crippen LogP contribution in [0.5, 0.6) is 0 Å². The average Bonchev–Trinajstić information content (AvgIpc) is 2.42. The van der Waals surface area contributed by atoms with Crippen LogP contribution in [0.4, 0.5) is 4.79 Å². The monoisotopic (exact) mass is 365 g/mol. The number of alkyl carbamates (subject to hydrolysis) is 1. The Labute approximate surface area is 143 Å². The molecule has 10 heteroatoms. The molecule has 24 heavy (non-hydrogen) atoms. The number of nitrogens with zero attached hydrogens (tertiary/aromatic N) is 2. The normalized spacial score (nSPS) is 20.2. The topological polar surface area (TPSA) is 116 Å². The summed E-state index contributed by atoms with van der Waals surface area (Å²) >= 11 is 0. The number of carbonyl (C=O) groups is 2. The molecule has 1 amide bonds. The van der Waals surface area contributed by atoms with Gasteiger partial charge in [0.05, 0.1) is 6.26 Å². The molecule has 140 valence electrons. The molecule has 9 nitrogen and oxygen atoms in total. The fourth-order valence-electron chi connectivity index (χ4n) is 2.39. The minimum absolute atomic E-state index is 0.143. The quantitative estimate of drug-likeness (QED) is 0.700. The van der Waals surface area contributed by atoms with Crippen LogP contribution in [0.1, 0.15) is 27.7 Å². The van der Waals surface area contributed by atoms with E-state index in [1.807, 2.05) is 0 Å². The number of hydrogen-bond donors (Lipinski definition) is 2. The first-order chi connectivity index (χ1) is 10.8. The van der Waals surface area contributed by atoms with Crippen LogP contribution in [0.3, 0.4) is 0 Å². The molecule has 0 saturated carbocycles. The van der Waals surface area contributed by atoms with Crippen molar-refractivity contribution in [1.82, 2.24) is 14.5 Å². The summed E-state index contributed by atoms with van der Waals surface area (Å²) in [4.78, 5) is 25.2. The van der Waals surface area contributed by atoms with E-state index in [4.69, 9.17) is 4.74 Å². The molecular formula is C14H27N3O6S. The van der Waals surface area contributed by atoms with E-state index < -0.39 is 33.2 Å². The first-order valence-electron chi connectivity index (χ1n) is 7.66. The van der Waals surface area contributed by atoms with Gasteiger partial charge in [0.25, 0.3) is 0 Å². The predicted octanol–water partition coefficient (Wildman–Crippen LogP) is -0.0684. The number of nitrogens with one attached hydrogen (secondary N) is 1. The van der Waals surface area contributed by atoms with Crippen LogP contribution in [-0.4, -0.2) is 84.9 Å². The lowest BCUT2D eigenvalue weighted by Crippen LogP contribution is -2.64. The third-order valence-corrected chi connectivity index (χ3v) is 5.15. The number of sulfonamides is 1. The molecule has 0 aliphatic carbocycles. The van der Waals surface area contributed by atoms with Crippen molar-refractivity contribution in [3.63, 3.8) is 0 Å². The van der Waals surface area contributed by atoms with E-state index in [0.29, 0.717) is 0 Å². The van der Waals surface area contributed by atoms with Gasteiger partial charge in [-0.25, -0.2) is 13.2 Å². The summed E-state index contributed by atoms with van der Waals surface area (Å²) in [6, 6.07) is 0. The molecule has 1 saturated heterocycles. The van der Waals surface area contributed by atoms with Crippen LogP contribution >= 0.6 is 0 Å². The zero-order chi connectivity index (χ0) is 18.8. The summed E-state index contributed by atoms with van der Waals surface area (Å²) in [5, 5.41) is 12.1. The molecular weight excluding hydrogens is 338 g/mol. The summed E-state index contributed by atoms with van der Waals surface area (Å²) in [5.41, 5.74) is -2.02. The number of carbonyl (C=O) groups excluding carboxylic acids is 1. The maximum Gasteiger partial charge on any atom is 0.407 e. The van der Waals surface area contributed by atoms with E-state index >= 15 is 0 Å². The number of piperazine rings is 1. The molecule has 0 radical (unpaired) electrons. The second-order valence-corrected chi connectivity index (χ2v) is 9.07. The molecule has 0 aromatic heterocycles. The van der Waals surface area contributed by atoms with Crippen LogP contribution in [-0.2, 0) is 19.6 Å². The van der Waals surface area contributed by atoms with Gasteiger partial charge in [0.1, 0.15) is 11.1 Å². The highest BCUT2D eigenvalue weighted by molar-refractivity contribution is 7.88. The van der Waals surface area contributed by atoms with Crippen molar-refractivity contribution in [2.75, 3.05) is 39.0 Å². The number of amides is 1. The zero-order valence-corrected chi connectivity index (χ0v) is 15.6. The van der Waals surface area contributed by atoms with E-state index in [2.05, 4.69) is 5.32 Å². The van der Waals surface area contributed by atoms with Crippen molar-refractivity contribution >= 4 is 22.1 Å². The maximum absolute atomic E-state index is 11.8. The van der Waals surface area contributed by atoms with Crippen molar-refractivity contribution in [1.29, 1.82) is 0 Å². The molecule has 0 aromatic rings. The van der Waals surface area contributed by atoms with Gasteiger partial charge < -0.3 is 15.2 Å². The second kappa shape index (κ2) is 7.24. The SMILES string of the molecule is CC(C)(C)OC(=O)NC[C@](C)(C(=O)O)N1CCN(S(C)(=O)=O)CC1. The van der Waals surface area contributed by atoms with E-state index in [1.54, 1.807) is 25.7 Å². The summed E-state index contributed by atoms with van der Waals surface area (Å²) in [5.74, 6) is -1.09. The number of carboxylic acids is 1. The molecule has 1 fully saturated rings. The van der Waals surface area contributed by atoms with Gasteiger partial charge >= 0.3 is 12.1 Å². The van der Waals surface area contributed by atoms with Crippen LogP contribution in [0, 0.1) is 0 Å². The molecule has 0 unspecified atom stereocenters. The highest BCUT2D eigenvalue weighted by Gasteiger charge is 2.42. The van der Waals surface area contributed by atoms with Crippen molar-refractivity contribution < 1.29 is 27.9 Å². The highest BCUT2D eigenvalue weighted by atomic mass is 32.2. The Morgan fingerprint density at radius 3 is 2.00 bits per heavy atom. The standard InChI is InChI=1S/C14H27N3O6S/c1-13(2,3)23-12(20)15-10-14(4,11(18)19)16-6-8-17(9-7-16)24(5,21)22/h6-10H2,1-5H3,(H,15,20)(H,18,19)/t14-/m1/s1. The van der Waals surface area contributed by atoms with Gasteiger partial charge in [-0.2, -0.15) is 4.31 Å². The van der Waals surface area contributed by atoms with Gasteiger partial charge in [0, 0.05) is 32.7 Å². The van der Waals surface area contributed by atoms with E-state index in [1.165, 1.54) is 11.2 Å².